The van der Waals surface area contributed by atoms with E-state index in [0.717, 1.165) is 6.07 Å². The second kappa shape index (κ2) is 11.9. The lowest BCUT2D eigenvalue weighted by atomic mass is 10.1. The van der Waals surface area contributed by atoms with Gasteiger partial charge in [-0.25, -0.2) is 5.01 Å². The maximum Gasteiger partial charge on any atom is 0.287 e. The van der Waals surface area contributed by atoms with E-state index in [9.17, 15) is 39.4 Å². The van der Waals surface area contributed by atoms with Crippen LogP contribution >= 0.6 is 23.2 Å². The number of ketones is 1. The number of non-ortho nitro benzene ring substituents is 1. The molecule has 0 aliphatic carbocycles. The summed E-state index contributed by atoms with van der Waals surface area (Å²) in [7, 11) is 0. The second-order valence-electron chi connectivity index (χ2n) is 9.17. The van der Waals surface area contributed by atoms with Crippen molar-refractivity contribution in [1.82, 2.24) is 10.0 Å². The van der Waals surface area contributed by atoms with Gasteiger partial charge in [0.15, 0.2) is 5.78 Å². The monoisotopic (exact) mass is 634 g/mol. The number of fused-ring (bicyclic) bond motifs is 1. The number of nitro benzene ring substituents is 2. The molecule has 4 aromatic carbocycles. The SMILES string of the molecule is O=C(CN(C(=O)c1ccc(Cl)cc1Cl)N1C(=O)c2cccc([N+](=O)[O-])c2C1=O)c1ccc(Oc2ccc([N+](=O)[O-])cc2)cc1. The Morgan fingerprint density at radius 1 is 0.818 bits per heavy atom. The minimum absolute atomic E-state index is 0.0589. The van der Waals surface area contributed by atoms with E-state index in [0.29, 0.717) is 15.8 Å². The fourth-order valence-electron chi connectivity index (χ4n) is 4.37. The Morgan fingerprint density at radius 3 is 2.05 bits per heavy atom. The average molecular weight is 635 g/mol. The molecule has 0 fully saturated rings. The summed E-state index contributed by atoms with van der Waals surface area (Å²) in [6.07, 6.45) is 0. The van der Waals surface area contributed by atoms with Crippen LogP contribution in [0, 0.1) is 20.2 Å². The zero-order valence-electron chi connectivity index (χ0n) is 22.0. The Labute approximate surface area is 257 Å². The first kappa shape index (κ1) is 29.8. The van der Waals surface area contributed by atoms with Gasteiger partial charge in [-0.15, -0.1) is 0 Å². The zero-order chi connectivity index (χ0) is 31.7. The molecule has 0 unspecified atom stereocenters. The predicted molar refractivity (Wildman–Crippen MR) is 155 cm³/mol. The normalized spacial score (nSPS) is 12.1. The third-order valence-electron chi connectivity index (χ3n) is 6.46. The number of carbonyl (C=O) groups is 4. The van der Waals surface area contributed by atoms with Crippen molar-refractivity contribution in [3.05, 3.63) is 137 Å². The van der Waals surface area contributed by atoms with Gasteiger partial charge in [0.1, 0.15) is 23.6 Å². The number of imide groups is 1. The molecule has 0 spiro atoms. The molecule has 0 saturated heterocycles. The molecule has 1 aliphatic rings. The Kier molecular flexibility index (Phi) is 8.07. The number of hydrogen-bond donors (Lipinski definition) is 0. The second-order valence-corrected chi connectivity index (χ2v) is 10.0. The molecular formula is C29H16Cl2N4O9. The van der Waals surface area contributed by atoms with Gasteiger partial charge in [0.25, 0.3) is 29.1 Å². The summed E-state index contributed by atoms with van der Waals surface area (Å²) in [6.45, 7) is -0.834. The number of nitrogens with zero attached hydrogens (tertiary/aromatic N) is 4. The third kappa shape index (κ3) is 5.69. The number of halogens is 2. The molecule has 5 rings (SSSR count). The van der Waals surface area contributed by atoms with Gasteiger partial charge in [0, 0.05) is 28.8 Å². The Morgan fingerprint density at radius 2 is 1.45 bits per heavy atom. The molecule has 44 heavy (non-hydrogen) atoms. The summed E-state index contributed by atoms with van der Waals surface area (Å²) in [4.78, 5) is 75.0. The Bertz CT molecular complexity index is 1880. The smallest absolute Gasteiger partial charge is 0.287 e. The maximum atomic E-state index is 13.7. The zero-order valence-corrected chi connectivity index (χ0v) is 23.5. The molecular weight excluding hydrogens is 619 g/mol. The van der Waals surface area contributed by atoms with Crippen LogP contribution in [0.25, 0.3) is 0 Å². The number of hydrogen-bond acceptors (Lipinski definition) is 9. The molecule has 1 aliphatic heterocycles. The summed E-state index contributed by atoms with van der Waals surface area (Å²) < 4.78 is 5.65. The highest BCUT2D eigenvalue weighted by molar-refractivity contribution is 6.37. The van der Waals surface area contributed by atoms with Crippen molar-refractivity contribution >= 4 is 58.1 Å². The van der Waals surface area contributed by atoms with Gasteiger partial charge in [-0.2, -0.15) is 5.01 Å². The minimum atomic E-state index is -1.17. The topological polar surface area (TPSA) is 170 Å². The Hall–Kier alpha value is -5.66. The van der Waals surface area contributed by atoms with Crippen molar-refractivity contribution in [1.29, 1.82) is 0 Å². The van der Waals surface area contributed by atoms with Gasteiger partial charge in [-0.3, -0.25) is 39.4 Å². The molecule has 0 saturated carbocycles. The van der Waals surface area contributed by atoms with E-state index in [4.69, 9.17) is 27.9 Å². The van der Waals surface area contributed by atoms with Crippen LogP contribution < -0.4 is 4.74 Å². The van der Waals surface area contributed by atoms with Gasteiger partial charge in [0.05, 0.1) is 26.0 Å². The third-order valence-corrected chi connectivity index (χ3v) is 7.01. The number of nitro groups is 2. The molecule has 13 nitrogen and oxygen atoms in total. The number of rotatable bonds is 9. The van der Waals surface area contributed by atoms with E-state index in [1.807, 2.05) is 0 Å². The van der Waals surface area contributed by atoms with Crippen molar-refractivity contribution in [2.24, 2.45) is 0 Å². The van der Waals surface area contributed by atoms with Gasteiger partial charge in [0.2, 0.25) is 0 Å². The van der Waals surface area contributed by atoms with Crippen molar-refractivity contribution in [3.63, 3.8) is 0 Å². The summed E-state index contributed by atoms with van der Waals surface area (Å²) >= 11 is 12.2. The highest BCUT2D eigenvalue weighted by Crippen LogP contribution is 2.33. The molecule has 1 heterocycles. The molecule has 15 heteroatoms. The lowest BCUT2D eigenvalue weighted by Crippen LogP contribution is -2.51. The minimum Gasteiger partial charge on any atom is -0.457 e. The fourth-order valence-corrected chi connectivity index (χ4v) is 4.86. The van der Waals surface area contributed by atoms with E-state index in [1.54, 1.807) is 0 Å². The first-order valence-corrected chi connectivity index (χ1v) is 13.2. The van der Waals surface area contributed by atoms with Crippen molar-refractivity contribution in [2.45, 2.75) is 0 Å². The standard InChI is InChI=1S/C29H16Cl2N4O9/c30-17-6-13-21(23(31)14-17)27(37)32(33-28(38)22-2-1-3-24(35(42)43)26(22)29(33)39)15-25(36)16-4-9-19(10-5-16)44-20-11-7-18(8-12-20)34(40)41/h1-14H,15H2. The molecule has 0 N–H and O–H groups in total. The van der Waals surface area contributed by atoms with Crippen LogP contribution in [-0.4, -0.2) is 49.9 Å². The first-order valence-electron chi connectivity index (χ1n) is 12.4. The van der Waals surface area contributed by atoms with Gasteiger partial charge >= 0.3 is 0 Å². The maximum absolute atomic E-state index is 13.7. The average Bonchev–Trinajstić information content (AvgIpc) is 3.25. The van der Waals surface area contributed by atoms with Crippen LogP contribution in [0.4, 0.5) is 11.4 Å². The van der Waals surface area contributed by atoms with Gasteiger partial charge < -0.3 is 4.74 Å². The number of hydrazine groups is 1. The molecule has 0 radical (unpaired) electrons. The number of carbonyl (C=O) groups excluding carboxylic acids is 4. The lowest BCUT2D eigenvalue weighted by molar-refractivity contribution is -0.385. The highest BCUT2D eigenvalue weighted by atomic mass is 35.5. The number of ether oxygens (including phenoxy) is 1. The van der Waals surface area contributed by atoms with E-state index < -0.39 is 51.1 Å². The number of Topliss-reactive ketones (excluding diaryl/α,β-unsaturated/α-hetero) is 1. The van der Waals surface area contributed by atoms with Gasteiger partial charge in [-0.1, -0.05) is 29.3 Å². The van der Waals surface area contributed by atoms with E-state index >= 15 is 0 Å². The van der Waals surface area contributed by atoms with Crippen LogP contribution in [0.3, 0.4) is 0 Å². The highest BCUT2D eigenvalue weighted by Gasteiger charge is 2.46. The summed E-state index contributed by atoms with van der Waals surface area (Å²) in [5.74, 6) is -3.37. The summed E-state index contributed by atoms with van der Waals surface area (Å²) in [5, 5.41) is 23.5. The van der Waals surface area contributed by atoms with Crippen LogP contribution in [0.1, 0.15) is 41.4 Å². The molecule has 0 aromatic heterocycles. The van der Waals surface area contributed by atoms with Crippen LogP contribution in [0.15, 0.2) is 84.9 Å². The molecule has 4 aromatic rings. The number of benzene rings is 4. The van der Waals surface area contributed by atoms with E-state index in [-0.39, 0.29) is 38.2 Å². The van der Waals surface area contributed by atoms with Crippen molar-refractivity contribution in [3.8, 4) is 11.5 Å². The van der Waals surface area contributed by atoms with Crippen LogP contribution in [0.5, 0.6) is 11.5 Å². The summed E-state index contributed by atoms with van der Waals surface area (Å²) in [6, 6.07) is 18.2. The van der Waals surface area contributed by atoms with E-state index in [1.165, 1.54) is 78.9 Å². The summed E-state index contributed by atoms with van der Waals surface area (Å²) in [5.41, 5.74) is -1.74. The first-order chi connectivity index (χ1) is 21.0. The fraction of sp³-hybridized carbons (Fsp3) is 0.0345. The molecule has 0 bridgehead atoms. The van der Waals surface area contributed by atoms with E-state index in [2.05, 4.69) is 0 Å². The molecule has 0 atom stereocenters. The molecule has 220 valence electrons. The number of amides is 3. The van der Waals surface area contributed by atoms with Crippen LogP contribution in [-0.2, 0) is 0 Å². The lowest BCUT2D eigenvalue weighted by Gasteiger charge is -2.29. The molecule has 3 amide bonds. The largest absolute Gasteiger partial charge is 0.457 e. The van der Waals surface area contributed by atoms with Gasteiger partial charge in [-0.05, 0) is 60.7 Å². The predicted octanol–water partition coefficient (Wildman–Crippen LogP) is 6.14. The Balaban J connectivity index is 1.45. The van der Waals surface area contributed by atoms with Crippen molar-refractivity contribution < 1.29 is 33.8 Å². The van der Waals surface area contributed by atoms with Crippen molar-refractivity contribution in [2.75, 3.05) is 6.54 Å². The van der Waals surface area contributed by atoms with Crippen LogP contribution in [0.2, 0.25) is 10.0 Å². The quantitative estimate of drug-likeness (QED) is 0.0907.